The Morgan fingerprint density at radius 1 is 1.25 bits per heavy atom. The zero-order valence-electron chi connectivity index (χ0n) is 14.0. The lowest BCUT2D eigenvalue weighted by Gasteiger charge is -2.35. The summed E-state index contributed by atoms with van der Waals surface area (Å²) in [5.41, 5.74) is 0.643. The van der Waals surface area contributed by atoms with E-state index in [-0.39, 0.29) is 24.7 Å². The van der Waals surface area contributed by atoms with Gasteiger partial charge >= 0.3 is 0 Å². The van der Waals surface area contributed by atoms with Crippen LogP contribution in [0.3, 0.4) is 0 Å². The number of amides is 1. The van der Waals surface area contributed by atoms with E-state index in [0.29, 0.717) is 30.2 Å². The van der Waals surface area contributed by atoms with Crippen LogP contribution in [-0.2, 0) is 18.4 Å². The second kappa shape index (κ2) is 6.96. The van der Waals surface area contributed by atoms with Crippen LogP contribution in [0.1, 0.15) is 30.0 Å². The fraction of sp³-hybridized carbons (Fsp3) is 0.500. The molecule has 1 amide bonds. The predicted octanol–water partition coefficient (Wildman–Crippen LogP) is 1.04. The van der Waals surface area contributed by atoms with Crippen LogP contribution in [0.15, 0.2) is 24.3 Å². The van der Waals surface area contributed by atoms with Crippen LogP contribution in [0.2, 0.25) is 0 Å². The molecule has 0 unspecified atom stereocenters. The molecule has 1 aromatic carbocycles. The van der Waals surface area contributed by atoms with Gasteiger partial charge in [-0.05, 0) is 48.5 Å². The SMILES string of the molecule is C[C@@H]1CN(C(=O)c2ccc(OCc3nnnn3C)cc2)C[C@H](C)O1. The molecular weight excluding hydrogens is 310 g/mol. The first-order chi connectivity index (χ1) is 11.5. The second-order valence-corrected chi connectivity index (χ2v) is 6.00. The number of morpholine rings is 1. The number of benzene rings is 1. The van der Waals surface area contributed by atoms with Crippen molar-refractivity contribution in [3.63, 3.8) is 0 Å². The molecule has 0 bridgehead atoms. The van der Waals surface area contributed by atoms with Crippen molar-refractivity contribution < 1.29 is 14.3 Å². The number of ether oxygens (including phenoxy) is 2. The Morgan fingerprint density at radius 2 is 1.92 bits per heavy atom. The van der Waals surface area contributed by atoms with Crippen molar-refractivity contribution in [3.8, 4) is 5.75 Å². The first kappa shape index (κ1) is 16.4. The smallest absolute Gasteiger partial charge is 0.254 e. The molecule has 0 radical (unpaired) electrons. The Kier molecular flexibility index (Phi) is 4.75. The topological polar surface area (TPSA) is 82.4 Å². The molecule has 3 rings (SSSR count). The third kappa shape index (κ3) is 3.70. The normalized spacial score (nSPS) is 20.9. The molecular formula is C16H21N5O3. The Hall–Kier alpha value is -2.48. The van der Waals surface area contributed by atoms with Crippen LogP contribution in [0.5, 0.6) is 5.75 Å². The molecule has 1 aliphatic heterocycles. The summed E-state index contributed by atoms with van der Waals surface area (Å²) in [7, 11) is 1.75. The van der Waals surface area contributed by atoms with Gasteiger partial charge in [-0.1, -0.05) is 0 Å². The highest BCUT2D eigenvalue weighted by Crippen LogP contribution is 2.17. The standard InChI is InChI=1S/C16H21N5O3/c1-11-8-21(9-12(2)24-11)16(22)13-4-6-14(7-5-13)23-10-15-17-18-19-20(15)3/h4-7,11-12H,8-10H2,1-3H3/t11-,12+. The number of aromatic nitrogens is 4. The van der Waals surface area contributed by atoms with Gasteiger partial charge in [0.2, 0.25) is 0 Å². The van der Waals surface area contributed by atoms with Crippen molar-refractivity contribution in [2.45, 2.75) is 32.7 Å². The molecule has 1 aliphatic rings. The minimum atomic E-state index is 0.0149. The van der Waals surface area contributed by atoms with Gasteiger partial charge in [-0.3, -0.25) is 4.79 Å². The molecule has 2 heterocycles. The third-order valence-electron chi connectivity index (χ3n) is 3.88. The summed E-state index contributed by atoms with van der Waals surface area (Å²) in [6.07, 6.45) is 0.112. The highest BCUT2D eigenvalue weighted by atomic mass is 16.5. The maximum absolute atomic E-state index is 12.6. The third-order valence-corrected chi connectivity index (χ3v) is 3.88. The number of hydrogen-bond acceptors (Lipinski definition) is 6. The van der Waals surface area contributed by atoms with Crippen molar-refractivity contribution in [2.24, 2.45) is 7.05 Å². The van der Waals surface area contributed by atoms with Gasteiger partial charge in [-0.15, -0.1) is 5.10 Å². The summed E-state index contributed by atoms with van der Waals surface area (Å²) >= 11 is 0. The predicted molar refractivity (Wildman–Crippen MR) is 85.5 cm³/mol. The van der Waals surface area contributed by atoms with Crippen LogP contribution >= 0.6 is 0 Å². The summed E-state index contributed by atoms with van der Waals surface area (Å²) in [4.78, 5) is 14.4. The molecule has 2 atom stereocenters. The van der Waals surface area contributed by atoms with Crippen LogP contribution in [0, 0.1) is 0 Å². The summed E-state index contributed by atoms with van der Waals surface area (Å²) in [6, 6.07) is 7.11. The number of nitrogens with zero attached hydrogens (tertiary/aromatic N) is 5. The quantitative estimate of drug-likeness (QED) is 0.832. The van der Waals surface area contributed by atoms with Gasteiger partial charge in [0.1, 0.15) is 12.4 Å². The summed E-state index contributed by atoms with van der Waals surface area (Å²) in [5, 5.41) is 11.2. The average Bonchev–Trinajstić information content (AvgIpc) is 2.97. The second-order valence-electron chi connectivity index (χ2n) is 6.00. The molecule has 24 heavy (non-hydrogen) atoms. The minimum Gasteiger partial charge on any atom is -0.486 e. The van der Waals surface area contributed by atoms with Crippen LogP contribution in [0.4, 0.5) is 0 Å². The van der Waals surface area contributed by atoms with E-state index < -0.39 is 0 Å². The number of carbonyl (C=O) groups excluding carboxylic acids is 1. The molecule has 0 spiro atoms. The first-order valence-corrected chi connectivity index (χ1v) is 7.91. The van der Waals surface area contributed by atoms with E-state index in [1.54, 1.807) is 36.0 Å². The lowest BCUT2D eigenvalue weighted by Crippen LogP contribution is -2.48. The minimum absolute atomic E-state index is 0.0149. The summed E-state index contributed by atoms with van der Waals surface area (Å²) in [6.45, 7) is 5.46. The molecule has 1 fully saturated rings. The number of carbonyl (C=O) groups is 1. The molecule has 1 aromatic heterocycles. The Bertz CT molecular complexity index is 690. The zero-order valence-corrected chi connectivity index (χ0v) is 14.0. The number of aryl methyl sites for hydroxylation is 1. The first-order valence-electron chi connectivity index (χ1n) is 7.91. The van der Waals surface area contributed by atoms with Crippen molar-refractivity contribution >= 4 is 5.91 Å². The molecule has 0 N–H and O–H groups in total. The molecule has 1 saturated heterocycles. The van der Waals surface area contributed by atoms with E-state index in [1.807, 2.05) is 18.7 Å². The van der Waals surface area contributed by atoms with Crippen molar-refractivity contribution in [1.29, 1.82) is 0 Å². The highest BCUT2D eigenvalue weighted by Gasteiger charge is 2.26. The Balaban J connectivity index is 1.61. The van der Waals surface area contributed by atoms with Crippen LogP contribution in [0.25, 0.3) is 0 Å². The molecule has 8 heteroatoms. The van der Waals surface area contributed by atoms with Gasteiger partial charge in [-0.2, -0.15) is 0 Å². The van der Waals surface area contributed by atoms with E-state index in [0.717, 1.165) is 0 Å². The maximum atomic E-state index is 12.6. The van der Waals surface area contributed by atoms with Crippen molar-refractivity contribution in [3.05, 3.63) is 35.7 Å². The van der Waals surface area contributed by atoms with E-state index in [4.69, 9.17) is 9.47 Å². The van der Waals surface area contributed by atoms with E-state index in [1.165, 1.54) is 0 Å². The molecule has 2 aromatic rings. The zero-order chi connectivity index (χ0) is 17.1. The lowest BCUT2D eigenvalue weighted by atomic mass is 10.1. The van der Waals surface area contributed by atoms with Crippen molar-refractivity contribution in [1.82, 2.24) is 25.1 Å². The Labute approximate surface area is 140 Å². The molecule has 0 saturated carbocycles. The monoisotopic (exact) mass is 331 g/mol. The van der Waals surface area contributed by atoms with Crippen LogP contribution < -0.4 is 4.74 Å². The van der Waals surface area contributed by atoms with Gasteiger partial charge in [0.25, 0.3) is 5.91 Å². The van der Waals surface area contributed by atoms with E-state index in [9.17, 15) is 4.79 Å². The van der Waals surface area contributed by atoms with Crippen LogP contribution in [-0.4, -0.2) is 56.3 Å². The van der Waals surface area contributed by atoms with Gasteiger partial charge < -0.3 is 14.4 Å². The molecule has 0 aliphatic carbocycles. The maximum Gasteiger partial charge on any atom is 0.254 e. The lowest BCUT2D eigenvalue weighted by molar-refractivity contribution is -0.0586. The number of hydrogen-bond donors (Lipinski definition) is 0. The van der Waals surface area contributed by atoms with Gasteiger partial charge in [-0.25, -0.2) is 4.68 Å². The Morgan fingerprint density at radius 3 is 2.50 bits per heavy atom. The van der Waals surface area contributed by atoms with Gasteiger partial charge in [0.15, 0.2) is 5.82 Å². The van der Waals surface area contributed by atoms with Crippen molar-refractivity contribution in [2.75, 3.05) is 13.1 Å². The molecule has 8 nitrogen and oxygen atoms in total. The highest BCUT2D eigenvalue weighted by molar-refractivity contribution is 5.94. The summed E-state index contributed by atoms with van der Waals surface area (Å²) < 4.78 is 12.9. The fourth-order valence-corrected chi connectivity index (χ4v) is 2.74. The number of rotatable bonds is 4. The largest absolute Gasteiger partial charge is 0.486 e. The summed E-state index contributed by atoms with van der Waals surface area (Å²) in [5.74, 6) is 1.31. The fourth-order valence-electron chi connectivity index (χ4n) is 2.74. The van der Waals surface area contributed by atoms with E-state index in [2.05, 4.69) is 15.5 Å². The average molecular weight is 331 g/mol. The molecule has 128 valence electrons. The van der Waals surface area contributed by atoms with Gasteiger partial charge in [0, 0.05) is 25.7 Å². The number of tetrazole rings is 1. The van der Waals surface area contributed by atoms with E-state index >= 15 is 0 Å². The van der Waals surface area contributed by atoms with Gasteiger partial charge in [0.05, 0.1) is 12.2 Å².